The Hall–Kier alpha value is -3.24. The number of hydrogen-bond acceptors (Lipinski definition) is 2. The van der Waals surface area contributed by atoms with Gasteiger partial charge in [-0.05, 0) is 60.5 Å². The quantitative estimate of drug-likeness (QED) is 0.452. The molecule has 0 atom stereocenters. The molecule has 1 heterocycles. The highest BCUT2D eigenvalue weighted by Crippen LogP contribution is 2.21. The molecule has 0 saturated heterocycles. The summed E-state index contributed by atoms with van der Waals surface area (Å²) >= 11 is 6.19. The van der Waals surface area contributed by atoms with E-state index < -0.39 is 0 Å². The standard InChI is InChI=1S/C23H16ClFN2O/c1-15-6-10-17(24)14-21(15)27-22(13-9-16-7-11-18(25)12-8-16)26-20-5-3-2-4-19(20)23(27)28/h2-14H,1H3. The number of fused-ring (bicyclic) bond motifs is 1. The van der Waals surface area contributed by atoms with Gasteiger partial charge in [-0.2, -0.15) is 0 Å². The molecule has 0 aliphatic carbocycles. The van der Waals surface area contributed by atoms with Gasteiger partial charge in [0, 0.05) is 5.02 Å². The second kappa shape index (κ2) is 7.41. The lowest BCUT2D eigenvalue weighted by atomic mass is 10.1. The van der Waals surface area contributed by atoms with Crippen LogP contribution in [0.25, 0.3) is 28.7 Å². The van der Waals surface area contributed by atoms with Crippen LogP contribution in [0.15, 0.2) is 71.5 Å². The lowest BCUT2D eigenvalue weighted by molar-refractivity contribution is 0.628. The predicted molar refractivity (Wildman–Crippen MR) is 112 cm³/mol. The van der Waals surface area contributed by atoms with Crippen LogP contribution < -0.4 is 5.56 Å². The first-order chi connectivity index (χ1) is 13.5. The van der Waals surface area contributed by atoms with Crippen molar-refractivity contribution >= 4 is 34.7 Å². The van der Waals surface area contributed by atoms with Gasteiger partial charge in [0.2, 0.25) is 0 Å². The van der Waals surface area contributed by atoms with Crippen molar-refractivity contribution in [3.8, 4) is 5.69 Å². The monoisotopic (exact) mass is 390 g/mol. The maximum Gasteiger partial charge on any atom is 0.266 e. The smallest absolute Gasteiger partial charge is 0.266 e. The van der Waals surface area contributed by atoms with Gasteiger partial charge in [-0.1, -0.05) is 48.0 Å². The van der Waals surface area contributed by atoms with Crippen molar-refractivity contribution in [2.24, 2.45) is 0 Å². The third-order valence-electron chi connectivity index (χ3n) is 4.51. The Kier molecular flexibility index (Phi) is 4.80. The summed E-state index contributed by atoms with van der Waals surface area (Å²) in [6, 6.07) is 18.7. The summed E-state index contributed by atoms with van der Waals surface area (Å²) in [5, 5.41) is 1.06. The Labute approximate surface area is 166 Å². The predicted octanol–water partition coefficient (Wildman–Crippen LogP) is 5.66. The fourth-order valence-electron chi connectivity index (χ4n) is 3.06. The highest BCUT2D eigenvalue weighted by atomic mass is 35.5. The molecule has 1 aromatic heterocycles. The topological polar surface area (TPSA) is 34.9 Å². The lowest BCUT2D eigenvalue weighted by Gasteiger charge is -2.14. The Balaban J connectivity index is 1.97. The number of para-hydroxylation sites is 1. The molecule has 0 aliphatic rings. The number of aryl methyl sites for hydroxylation is 1. The Bertz CT molecular complexity index is 1260. The third kappa shape index (κ3) is 3.47. The molecule has 0 amide bonds. The van der Waals surface area contributed by atoms with E-state index in [1.54, 1.807) is 53.1 Å². The van der Waals surface area contributed by atoms with Crippen molar-refractivity contribution in [1.82, 2.24) is 9.55 Å². The van der Waals surface area contributed by atoms with Crippen molar-refractivity contribution in [3.63, 3.8) is 0 Å². The zero-order valence-corrected chi connectivity index (χ0v) is 15.8. The van der Waals surface area contributed by atoms with E-state index in [0.717, 1.165) is 11.1 Å². The van der Waals surface area contributed by atoms with Crippen LogP contribution in [0, 0.1) is 12.7 Å². The van der Waals surface area contributed by atoms with Gasteiger partial charge in [0.05, 0.1) is 16.6 Å². The Morgan fingerprint density at radius 2 is 1.75 bits per heavy atom. The molecule has 28 heavy (non-hydrogen) atoms. The fraction of sp³-hybridized carbons (Fsp3) is 0.0435. The van der Waals surface area contributed by atoms with E-state index in [9.17, 15) is 9.18 Å². The van der Waals surface area contributed by atoms with Gasteiger partial charge in [-0.15, -0.1) is 0 Å². The maximum absolute atomic E-state index is 13.3. The molecule has 0 radical (unpaired) electrons. The highest BCUT2D eigenvalue weighted by Gasteiger charge is 2.13. The van der Waals surface area contributed by atoms with E-state index in [0.29, 0.717) is 27.4 Å². The lowest BCUT2D eigenvalue weighted by Crippen LogP contribution is -2.23. The largest absolute Gasteiger partial charge is 0.268 e. The Morgan fingerprint density at radius 3 is 2.54 bits per heavy atom. The summed E-state index contributed by atoms with van der Waals surface area (Å²) in [5.74, 6) is 0.172. The van der Waals surface area contributed by atoms with Gasteiger partial charge in [-0.25, -0.2) is 9.37 Å². The van der Waals surface area contributed by atoms with E-state index in [2.05, 4.69) is 4.98 Å². The van der Waals surface area contributed by atoms with E-state index in [4.69, 9.17) is 11.6 Å². The van der Waals surface area contributed by atoms with E-state index in [1.165, 1.54) is 12.1 Å². The van der Waals surface area contributed by atoms with Crippen LogP contribution >= 0.6 is 11.6 Å². The number of hydrogen-bond donors (Lipinski definition) is 0. The SMILES string of the molecule is Cc1ccc(Cl)cc1-n1c(C=Cc2ccc(F)cc2)nc2ccccc2c1=O. The average molecular weight is 391 g/mol. The second-order valence-electron chi connectivity index (χ2n) is 6.44. The van der Waals surface area contributed by atoms with Gasteiger partial charge < -0.3 is 0 Å². The normalized spacial score (nSPS) is 11.4. The van der Waals surface area contributed by atoms with Crippen molar-refractivity contribution in [3.05, 3.63) is 105 Å². The minimum Gasteiger partial charge on any atom is -0.268 e. The van der Waals surface area contributed by atoms with Gasteiger partial charge in [0.15, 0.2) is 0 Å². The van der Waals surface area contributed by atoms with Crippen molar-refractivity contribution in [1.29, 1.82) is 0 Å². The van der Waals surface area contributed by atoms with E-state index >= 15 is 0 Å². The average Bonchev–Trinajstić information content (AvgIpc) is 2.70. The summed E-state index contributed by atoms with van der Waals surface area (Å²) in [6.07, 6.45) is 3.55. The molecule has 0 bridgehead atoms. The molecule has 5 heteroatoms. The van der Waals surface area contributed by atoms with Crippen molar-refractivity contribution in [2.75, 3.05) is 0 Å². The number of rotatable bonds is 3. The summed E-state index contributed by atoms with van der Waals surface area (Å²) < 4.78 is 14.7. The Morgan fingerprint density at radius 1 is 1.00 bits per heavy atom. The number of nitrogens with zero attached hydrogens (tertiary/aromatic N) is 2. The second-order valence-corrected chi connectivity index (χ2v) is 6.88. The summed E-state index contributed by atoms with van der Waals surface area (Å²) in [5.41, 5.74) is 2.82. The molecule has 0 fully saturated rings. The summed E-state index contributed by atoms with van der Waals surface area (Å²) in [6.45, 7) is 1.92. The van der Waals surface area contributed by atoms with Gasteiger partial charge in [0.1, 0.15) is 11.6 Å². The van der Waals surface area contributed by atoms with Crippen LogP contribution in [0.3, 0.4) is 0 Å². The van der Waals surface area contributed by atoms with Crippen LogP contribution in [-0.4, -0.2) is 9.55 Å². The number of benzene rings is 3. The number of aromatic nitrogens is 2. The van der Waals surface area contributed by atoms with Crippen LogP contribution in [0.1, 0.15) is 17.0 Å². The highest BCUT2D eigenvalue weighted by molar-refractivity contribution is 6.30. The summed E-state index contributed by atoms with van der Waals surface area (Å²) in [4.78, 5) is 17.9. The summed E-state index contributed by atoms with van der Waals surface area (Å²) in [7, 11) is 0. The van der Waals surface area contributed by atoms with Gasteiger partial charge in [0.25, 0.3) is 5.56 Å². The maximum atomic E-state index is 13.3. The molecule has 0 N–H and O–H groups in total. The van der Waals surface area contributed by atoms with E-state index in [-0.39, 0.29) is 11.4 Å². The first-order valence-corrected chi connectivity index (χ1v) is 9.13. The molecule has 3 aromatic carbocycles. The zero-order chi connectivity index (χ0) is 19.7. The first-order valence-electron chi connectivity index (χ1n) is 8.75. The molecule has 138 valence electrons. The third-order valence-corrected chi connectivity index (χ3v) is 4.74. The van der Waals surface area contributed by atoms with Crippen LogP contribution in [0.5, 0.6) is 0 Å². The molecule has 0 unspecified atom stereocenters. The molecule has 0 saturated carbocycles. The van der Waals surface area contributed by atoms with Crippen molar-refractivity contribution < 1.29 is 4.39 Å². The van der Waals surface area contributed by atoms with Crippen LogP contribution in [-0.2, 0) is 0 Å². The fourth-order valence-corrected chi connectivity index (χ4v) is 3.23. The molecular weight excluding hydrogens is 375 g/mol. The van der Waals surface area contributed by atoms with Crippen LogP contribution in [0.2, 0.25) is 5.02 Å². The van der Waals surface area contributed by atoms with Gasteiger partial charge >= 0.3 is 0 Å². The first kappa shape index (κ1) is 18.1. The zero-order valence-electron chi connectivity index (χ0n) is 15.1. The minimum absolute atomic E-state index is 0.172. The molecule has 0 spiro atoms. The minimum atomic E-state index is -0.299. The van der Waals surface area contributed by atoms with Gasteiger partial charge in [-0.3, -0.25) is 9.36 Å². The molecule has 4 aromatic rings. The van der Waals surface area contributed by atoms with Crippen LogP contribution in [0.4, 0.5) is 4.39 Å². The van der Waals surface area contributed by atoms with Crippen molar-refractivity contribution in [2.45, 2.75) is 6.92 Å². The molecule has 4 rings (SSSR count). The molecule has 3 nitrogen and oxygen atoms in total. The molecular formula is C23H16ClFN2O. The molecule has 0 aliphatic heterocycles. The number of halogens is 2. The van der Waals surface area contributed by atoms with E-state index in [1.807, 2.05) is 25.1 Å².